The molecule has 0 spiro atoms. The summed E-state index contributed by atoms with van der Waals surface area (Å²) in [5.74, 6) is 1.29. The van der Waals surface area contributed by atoms with Crippen molar-refractivity contribution in [3.63, 3.8) is 0 Å². The predicted octanol–water partition coefficient (Wildman–Crippen LogP) is 7.94. The lowest BCUT2D eigenvalue weighted by Gasteiger charge is -2.43. The molecule has 0 bridgehead atoms. The van der Waals surface area contributed by atoms with Crippen molar-refractivity contribution in [2.75, 3.05) is 41.0 Å². The molecule has 0 radical (unpaired) electrons. The zero-order valence-corrected chi connectivity index (χ0v) is 38.0. The van der Waals surface area contributed by atoms with Crippen molar-refractivity contribution in [2.24, 2.45) is 22.9 Å². The van der Waals surface area contributed by atoms with Crippen molar-refractivity contribution in [1.29, 1.82) is 0 Å². The zero-order valence-electron chi connectivity index (χ0n) is 38.0. The molecule has 3 aromatic carbocycles. The van der Waals surface area contributed by atoms with E-state index in [9.17, 15) is 14.4 Å². The number of likely N-dealkylation sites (tertiary alicyclic amines) is 1. The van der Waals surface area contributed by atoms with E-state index in [2.05, 4.69) is 20.3 Å². The average Bonchev–Trinajstić information content (AvgIpc) is 4.12. The number of aryl methyl sites for hydroxylation is 2. The van der Waals surface area contributed by atoms with Gasteiger partial charge in [0.1, 0.15) is 29.3 Å². The van der Waals surface area contributed by atoms with E-state index in [1.54, 1.807) is 31.1 Å². The molecule has 1 saturated heterocycles. The molecule has 4 heterocycles. The number of hydrogen-bond acceptors (Lipinski definition) is 11. The Balaban J connectivity index is 0.935. The number of hydrogen-bond donors (Lipinski definition) is 2. The topological polar surface area (TPSA) is 170 Å². The molecule has 5 aromatic rings. The Kier molecular flexibility index (Phi) is 12.8. The summed E-state index contributed by atoms with van der Waals surface area (Å²) in [5, 5.41) is 9.65. The first-order valence-electron chi connectivity index (χ1n) is 22.8. The Labute approximate surface area is 383 Å². The van der Waals surface area contributed by atoms with Gasteiger partial charge in [0.05, 0.1) is 50.9 Å². The number of fused-ring (bicyclic) bond motifs is 2. The van der Waals surface area contributed by atoms with Gasteiger partial charge in [0.25, 0.3) is 0 Å². The fourth-order valence-electron chi connectivity index (χ4n) is 9.70. The highest BCUT2D eigenvalue weighted by molar-refractivity contribution is 6.07. The number of methoxy groups -OCH3 is 3. The maximum Gasteiger partial charge on any atom is 0.413 e. The van der Waals surface area contributed by atoms with E-state index in [0.717, 1.165) is 60.9 Å². The van der Waals surface area contributed by atoms with Gasteiger partial charge < -0.3 is 38.9 Å². The third-order valence-corrected chi connectivity index (χ3v) is 13.4. The number of carbonyl (C=O) groups excluding carboxylic acids is 3. The maximum absolute atomic E-state index is 15.2. The van der Waals surface area contributed by atoms with Crippen LogP contribution in [0.2, 0.25) is 0 Å². The van der Waals surface area contributed by atoms with E-state index in [-0.39, 0.29) is 47.6 Å². The summed E-state index contributed by atoms with van der Waals surface area (Å²) in [5.41, 5.74) is 5.60. The Bertz CT molecular complexity index is 2670. The molecule has 4 aliphatic rings. The monoisotopic (exact) mass is 901 g/mol. The van der Waals surface area contributed by atoms with Crippen molar-refractivity contribution in [3.05, 3.63) is 89.1 Å². The number of piperidine rings is 1. The van der Waals surface area contributed by atoms with E-state index in [1.807, 2.05) is 49.4 Å². The van der Waals surface area contributed by atoms with Crippen LogP contribution < -0.4 is 29.0 Å². The minimum atomic E-state index is -0.978. The van der Waals surface area contributed by atoms with Crippen LogP contribution in [-0.4, -0.2) is 102 Å². The second-order valence-corrected chi connectivity index (χ2v) is 17.8. The molecule has 2 saturated carbocycles. The van der Waals surface area contributed by atoms with Gasteiger partial charge in [-0.25, -0.2) is 24.2 Å². The van der Waals surface area contributed by atoms with Gasteiger partial charge in [-0.15, -0.1) is 0 Å². The normalized spacial score (nSPS) is 19.2. The van der Waals surface area contributed by atoms with E-state index >= 15 is 4.39 Å². The number of nitrogens with one attached hydrogen (secondary N) is 2. The maximum atomic E-state index is 15.2. The summed E-state index contributed by atoms with van der Waals surface area (Å²) in [6.45, 7) is 4.91. The molecular formula is C50H56FN7O8. The summed E-state index contributed by atoms with van der Waals surface area (Å²) >= 11 is 0. The predicted molar refractivity (Wildman–Crippen MR) is 245 cm³/mol. The highest BCUT2D eigenvalue weighted by Gasteiger charge is 2.44. The van der Waals surface area contributed by atoms with Crippen molar-refractivity contribution in [1.82, 2.24) is 30.2 Å². The molecule has 2 aliphatic heterocycles. The standard InChI is InChI=1S/C50H56FN7O8/c1-28-9-8-10-31(21-28)22-38(55-50(61)66-47-29(2)54-45-44(52-27-53-46(45)47)36-24-37(51)41(63-4)25-40(36)65-26-30-13-14-30)49(60)57-19-17-33(18-20-57)58-48(59)35-12-7-6-11-34(35)43(56-58)32-15-16-39(62-3)42(23-32)64-5/h8-10,15-16,21,23-25,27,30,33-35,38,54H,6-7,11-14,17-20,22,26H2,1-5H3,(H,55,61)/t34-,35+,38-/m0/s1. The number of ether oxygens (including phenoxy) is 5. The number of H-pyrrole nitrogens is 1. The van der Waals surface area contributed by atoms with Gasteiger partial charge in [-0.3, -0.25) is 9.59 Å². The Hall–Kier alpha value is -6.71. The van der Waals surface area contributed by atoms with Crippen LogP contribution >= 0.6 is 0 Å². The number of carbonyl (C=O) groups is 3. The van der Waals surface area contributed by atoms with Crippen molar-refractivity contribution in [3.8, 4) is 40.0 Å². The van der Waals surface area contributed by atoms with Crippen LogP contribution in [0.25, 0.3) is 22.3 Å². The highest BCUT2D eigenvalue weighted by Crippen LogP contribution is 2.42. The first-order valence-corrected chi connectivity index (χ1v) is 22.8. The summed E-state index contributed by atoms with van der Waals surface area (Å²) in [6.07, 6.45) is 7.58. The Morgan fingerprint density at radius 3 is 2.35 bits per heavy atom. The molecule has 66 heavy (non-hydrogen) atoms. The number of aromatic nitrogens is 3. The van der Waals surface area contributed by atoms with Gasteiger partial charge in [-0.2, -0.15) is 5.10 Å². The first kappa shape index (κ1) is 44.5. The molecular weight excluding hydrogens is 846 g/mol. The molecule has 3 fully saturated rings. The van der Waals surface area contributed by atoms with Gasteiger partial charge in [-0.05, 0) is 88.1 Å². The summed E-state index contributed by atoms with van der Waals surface area (Å²) < 4.78 is 43.7. The molecule has 2 aliphatic carbocycles. The Morgan fingerprint density at radius 1 is 0.864 bits per heavy atom. The number of aromatic amines is 1. The second kappa shape index (κ2) is 19.0. The number of halogens is 1. The van der Waals surface area contributed by atoms with Gasteiger partial charge in [-0.1, -0.05) is 42.7 Å². The van der Waals surface area contributed by atoms with Gasteiger partial charge in [0.15, 0.2) is 28.8 Å². The van der Waals surface area contributed by atoms with E-state index in [4.69, 9.17) is 28.8 Å². The van der Waals surface area contributed by atoms with Crippen molar-refractivity contribution < 1.29 is 42.5 Å². The smallest absolute Gasteiger partial charge is 0.413 e. The zero-order chi connectivity index (χ0) is 46.1. The van der Waals surface area contributed by atoms with Gasteiger partial charge in [0, 0.05) is 48.5 Å². The van der Waals surface area contributed by atoms with E-state index in [0.29, 0.717) is 83.7 Å². The average molecular weight is 902 g/mol. The van der Waals surface area contributed by atoms with E-state index < -0.39 is 18.0 Å². The third kappa shape index (κ3) is 9.09. The SMILES string of the molecule is COc1cc(OCC2CC2)c(-c2ncnc3c(OC(=O)N[C@@H](Cc4cccc(C)c4)C(=O)N4CCC(N5N=C(c6ccc(OC)c(OC)c6)[C@H]6CCCC[C@H]6C5=O)CC4)c(C)[nH]c23)cc1F. The third-order valence-electron chi connectivity index (χ3n) is 13.4. The van der Waals surface area contributed by atoms with Gasteiger partial charge >= 0.3 is 6.09 Å². The largest absolute Gasteiger partial charge is 0.494 e. The molecule has 0 unspecified atom stereocenters. The summed E-state index contributed by atoms with van der Waals surface area (Å²) in [7, 11) is 4.60. The molecule has 16 heteroatoms. The van der Waals surface area contributed by atoms with Crippen LogP contribution in [0.1, 0.15) is 73.8 Å². The van der Waals surface area contributed by atoms with Gasteiger partial charge in [0.2, 0.25) is 11.8 Å². The lowest BCUT2D eigenvalue weighted by Crippen LogP contribution is -2.56. The minimum Gasteiger partial charge on any atom is -0.494 e. The van der Waals surface area contributed by atoms with E-state index in [1.165, 1.54) is 25.6 Å². The summed E-state index contributed by atoms with van der Waals surface area (Å²) in [6, 6.07) is 15.2. The van der Waals surface area contributed by atoms with Crippen molar-refractivity contribution in [2.45, 2.75) is 83.7 Å². The molecule has 2 aromatic heterocycles. The lowest BCUT2D eigenvalue weighted by molar-refractivity contribution is -0.143. The molecule has 3 atom stereocenters. The second-order valence-electron chi connectivity index (χ2n) is 17.8. The highest BCUT2D eigenvalue weighted by atomic mass is 19.1. The Morgan fingerprint density at radius 2 is 1.62 bits per heavy atom. The summed E-state index contributed by atoms with van der Waals surface area (Å²) in [4.78, 5) is 56.6. The van der Waals surface area contributed by atoms with Crippen LogP contribution in [0.5, 0.6) is 28.7 Å². The molecule has 346 valence electrons. The van der Waals surface area contributed by atoms with Crippen LogP contribution in [0.4, 0.5) is 9.18 Å². The van der Waals surface area contributed by atoms with Crippen LogP contribution in [-0.2, 0) is 16.0 Å². The number of amides is 3. The molecule has 9 rings (SSSR count). The van der Waals surface area contributed by atoms with Crippen LogP contribution in [0, 0.1) is 37.4 Å². The van der Waals surface area contributed by atoms with Crippen LogP contribution in [0.15, 0.2) is 66.0 Å². The molecule has 3 amide bonds. The molecule has 15 nitrogen and oxygen atoms in total. The minimum absolute atomic E-state index is 0.0140. The number of rotatable bonds is 14. The van der Waals surface area contributed by atoms with Crippen LogP contribution in [0.3, 0.4) is 0 Å². The quantitative estimate of drug-likeness (QED) is 0.112. The number of hydrazone groups is 1. The fraction of sp³-hybridized carbons (Fsp3) is 0.440. The van der Waals surface area contributed by atoms with Crippen molar-refractivity contribution >= 4 is 34.7 Å². The first-order chi connectivity index (χ1) is 32.0. The number of benzene rings is 3. The number of nitrogens with zero attached hydrogens (tertiary/aromatic N) is 5. The molecule has 2 N–H and O–H groups in total. The fourth-order valence-corrected chi connectivity index (χ4v) is 9.70. The lowest BCUT2D eigenvalue weighted by atomic mass is 9.73.